The molecule has 0 aliphatic heterocycles. The molecule has 7 atom stereocenters. The molecule has 25 heavy (non-hydrogen) atoms. The van der Waals surface area contributed by atoms with Gasteiger partial charge in [-0.2, -0.15) is 0 Å². The second kappa shape index (κ2) is 6.14. The van der Waals surface area contributed by atoms with Gasteiger partial charge in [0.2, 0.25) is 0 Å². The van der Waals surface area contributed by atoms with Crippen LogP contribution in [0.3, 0.4) is 0 Å². The van der Waals surface area contributed by atoms with Gasteiger partial charge < -0.3 is 0 Å². The van der Waals surface area contributed by atoms with Crippen LogP contribution in [0, 0.1) is 40.4 Å². The topological polar surface area (TPSA) is 0 Å². The molecule has 0 spiro atoms. The summed E-state index contributed by atoms with van der Waals surface area (Å²) in [5, 5.41) is 0. The van der Waals surface area contributed by atoms with Crippen LogP contribution in [0.4, 0.5) is 0 Å². The van der Waals surface area contributed by atoms with Crippen LogP contribution in [-0.2, 0) is 0 Å². The quantitative estimate of drug-likeness (QED) is 0.462. The lowest BCUT2D eigenvalue weighted by atomic mass is 9.48. The molecular weight excluding hydrogens is 300 g/mol. The Balaban J connectivity index is 1.65. The van der Waals surface area contributed by atoms with Crippen molar-refractivity contribution >= 4 is 0 Å². The molecule has 4 aliphatic carbocycles. The Labute approximate surface area is 155 Å². The molecule has 0 aromatic carbocycles. The Hall–Kier alpha value is -0.780. The number of rotatable bonds is 2. The molecule has 0 amide bonds. The zero-order valence-corrected chi connectivity index (χ0v) is 17.1. The summed E-state index contributed by atoms with van der Waals surface area (Å²) in [7, 11) is 0. The Morgan fingerprint density at radius 1 is 1.12 bits per heavy atom. The van der Waals surface area contributed by atoms with Gasteiger partial charge in [-0.1, -0.05) is 63.1 Å². The second-order valence-electron chi connectivity index (χ2n) is 10.3. The van der Waals surface area contributed by atoms with Gasteiger partial charge in [-0.3, -0.25) is 0 Å². The maximum atomic E-state index is 2.74. The van der Waals surface area contributed by atoms with Gasteiger partial charge in [-0.15, -0.1) is 0 Å². The largest absolute Gasteiger partial charge is 0.0911 e. The number of hydrogen-bond acceptors (Lipinski definition) is 0. The summed E-state index contributed by atoms with van der Waals surface area (Å²) in [6.07, 6.45) is 19.9. The van der Waals surface area contributed by atoms with Crippen LogP contribution in [0.25, 0.3) is 0 Å². The molecule has 0 N–H and O–H groups in total. The van der Waals surface area contributed by atoms with Crippen molar-refractivity contribution in [1.82, 2.24) is 0 Å². The Kier molecular flexibility index (Phi) is 4.33. The zero-order chi connectivity index (χ0) is 17.8. The van der Waals surface area contributed by atoms with Crippen molar-refractivity contribution < 1.29 is 0 Å². The lowest BCUT2D eigenvalue weighted by Gasteiger charge is -2.57. The molecule has 0 radical (unpaired) electrons. The van der Waals surface area contributed by atoms with Crippen molar-refractivity contribution in [3.63, 3.8) is 0 Å². The minimum Gasteiger partial charge on any atom is -0.0911 e. The highest BCUT2D eigenvalue weighted by Crippen LogP contribution is 2.65. The van der Waals surface area contributed by atoms with Crippen LogP contribution < -0.4 is 0 Å². The Bertz CT molecular complexity index is 620. The molecule has 0 bridgehead atoms. The SMILES string of the molecule is CC=C[C@@H](C)C1=CC[C@H]2[C@@H]3CC[C@@H]4C[C@H](C)CC[C@]4(C)C3=CC[C@]12C. The van der Waals surface area contributed by atoms with E-state index in [2.05, 4.69) is 58.9 Å². The fraction of sp³-hybridized carbons (Fsp3) is 0.760. The van der Waals surface area contributed by atoms with Gasteiger partial charge in [-0.05, 0) is 92.3 Å². The first-order chi connectivity index (χ1) is 11.9. The fourth-order valence-electron chi connectivity index (χ4n) is 7.45. The summed E-state index contributed by atoms with van der Waals surface area (Å²) in [5.41, 5.74) is 4.56. The van der Waals surface area contributed by atoms with Crippen LogP contribution in [0.15, 0.2) is 35.5 Å². The van der Waals surface area contributed by atoms with Gasteiger partial charge in [0.25, 0.3) is 0 Å². The van der Waals surface area contributed by atoms with E-state index in [1.54, 1.807) is 5.57 Å². The maximum Gasteiger partial charge on any atom is -0.00392 e. The second-order valence-corrected chi connectivity index (χ2v) is 10.3. The lowest BCUT2D eigenvalue weighted by Crippen LogP contribution is -2.47. The van der Waals surface area contributed by atoms with E-state index >= 15 is 0 Å². The lowest BCUT2D eigenvalue weighted by molar-refractivity contribution is 0.0326. The van der Waals surface area contributed by atoms with Crippen LogP contribution >= 0.6 is 0 Å². The predicted octanol–water partition coefficient (Wildman–Crippen LogP) is 7.33. The standard InChI is InChI=1S/C25H38/c1-6-7-18(3)21-10-11-22-20-9-8-19-16-17(2)12-14-24(19,4)23(20)13-15-25(21,22)5/h6-7,10,13,17-20,22H,8-9,11-12,14-16H2,1-5H3/t17-,18-,19-,20+,22+,24+,25-/m1/s1. The molecule has 0 nitrogen and oxygen atoms in total. The van der Waals surface area contributed by atoms with Gasteiger partial charge in [0, 0.05) is 0 Å². The van der Waals surface area contributed by atoms with E-state index < -0.39 is 0 Å². The van der Waals surface area contributed by atoms with Gasteiger partial charge in [-0.25, -0.2) is 0 Å². The van der Waals surface area contributed by atoms with Crippen LogP contribution in [0.1, 0.15) is 79.6 Å². The average molecular weight is 339 g/mol. The van der Waals surface area contributed by atoms with Gasteiger partial charge in [0.05, 0.1) is 0 Å². The predicted molar refractivity (Wildman–Crippen MR) is 108 cm³/mol. The molecule has 138 valence electrons. The van der Waals surface area contributed by atoms with Crippen LogP contribution in [-0.4, -0.2) is 0 Å². The van der Waals surface area contributed by atoms with Crippen molar-refractivity contribution in [2.24, 2.45) is 40.4 Å². The normalized spacial score (nSPS) is 47.6. The molecule has 0 saturated heterocycles. The first kappa shape index (κ1) is 17.6. The Morgan fingerprint density at radius 2 is 1.92 bits per heavy atom. The first-order valence-electron chi connectivity index (χ1n) is 10.9. The maximum absolute atomic E-state index is 2.74. The molecule has 4 rings (SSSR count). The monoisotopic (exact) mass is 338 g/mol. The third-order valence-corrected chi connectivity index (χ3v) is 8.90. The fourth-order valence-corrected chi connectivity index (χ4v) is 7.45. The molecule has 0 unspecified atom stereocenters. The third-order valence-electron chi connectivity index (χ3n) is 8.90. The van der Waals surface area contributed by atoms with E-state index in [1.165, 1.54) is 44.9 Å². The third kappa shape index (κ3) is 2.54. The van der Waals surface area contributed by atoms with E-state index in [1.807, 2.05) is 5.57 Å². The van der Waals surface area contributed by atoms with Crippen molar-refractivity contribution in [2.75, 3.05) is 0 Å². The van der Waals surface area contributed by atoms with Crippen molar-refractivity contribution in [2.45, 2.75) is 79.6 Å². The smallest absolute Gasteiger partial charge is 0.00392 e. The highest BCUT2D eigenvalue weighted by atomic mass is 14.6. The Morgan fingerprint density at radius 3 is 2.68 bits per heavy atom. The van der Waals surface area contributed by atoms with E-state index in [9.17, 15) is 0 Å². The highest BCUT2D eigenvalue weighted by Gasteiger charge is 2.55. The summed E-state index contributed by atoms with van der Waals surface area (Å²) >= 11 is 0. The average Bonchev–Trinajstić information content (AvgIpc) is 2.93. The summed E-state index contributed by atoms with van der Waals surface area (Å²) < 4.78 is 0. The molecule has 0 aromatic rings. The van der Waals surface area contributed by atoms with E-state index in [-0.39, 0.29) is 0 Å². The molecule has 2 saturated carbocycles. The molecule has 0 heterocycles. The van der Waals surface area contributed by atoms with Gasteiger partial charge in [0.1, 0.15) is 0 Å². The summed E-state index contributed by atoms with van der Waals surface area (Å²) in [6.45, 7) is 12.3. The minimum atomic E-state index is 0.415. The van der Waals surface area contributed by atoms with Crippen molar-refractivity contribution in [1.29, 1.82) is 0 Å². The number of hydrogen-bond donors (Lipinski definition) is 0. The van der Waals surface area contributed by atoms with E-state index in [0.717, 1.165) is 23.7 Å². The molecule has 0 aromatic heterocycles. The number of fused-ring (bicyclic) bond motifs is 5. The van der Waals surface area contributed by atoms with Crippen molar-refractivity contribution in [3.8, 4) is 0 Å². The summed E-state index contributed by atoms with van der Waals surface area (Å²) in [6, 6.07) is 0. The molecule has 2 fully saturated rings. The molecule has 0 heteroatoms. The summed E-state index contributed by atoms with van der Waals surface area (Å²) in [5.74, 6) is 4.24. The first-order valence-corrected chi connectivity index (χ1v) is 10.9. The van der Waals surface area contributed by atoms with E-state index in [0.29, 0.717) is 16.7 Å². The zero-order valence-electron chi connectivity index (χ0n) is 17.1. The van der Waals surface area contributed by atoms with Gasteiger partial charge >= 0.3 is 0 Å². The highest BCUT2D eigenvalue weighted by molar-refractivity contribution is 5.36. The minimum absolute atomic E-state index is 0.415. The van der Waals surface area contributed by atoms with Crippen LogP contribution in [0.5, 0.6) is 0 Å². The van der Waals surface area contributed by atoms with Crippen molar-refractivity contribution in [3.05, 3.63) is 35.5 Å². The van der Waals surface area contributed by atoms with Gasteiger partial charge in [0.15, 0.2) is 0 Å². The number of allylic oxidation sites excluding steroid dienone is 6. The van der Waals surface area contributed by atoms with Crippen LogP contribution in [0.2, 0.25) is 0 Å². The molecular formula is C25H38. The van der Waals surface area contributed by atoms with E-state index in [4.69, 9.17) is 0 Å². The summed E-state index contributed by atoms with van der Waals surface area (Å²) in [4.78, 5) is 0. The molecule has 4 aliphatic rings.